The van der Waals surface area contributed by atoms with Crippen LogP contribution in [-0.2, 0) is 23.9 Å². The smallest absolute Gasteiger partial charge is 0.334 e. The van der Waals surface area contributed by atoms with Crippen molar-refractivity contribution in [2.75, 3.05) is 6.61 Å². The highest BCUT2D eigenvalue weighted by Crippen LogP contribution is 2.36. The average Bonchev–Trinajstić information content (AvgIpc) is 2.94. The van der Waals surface area contributed by atoms with Gasteiger partial charge in [0.1, 0.15) is 24.6 Å². The lowest BCUT2D eigenvalue weighted by atomic mass is 9.83. The first-order valence-corrected chi connectivity index (χ1v) is 8.71. The van der Waals surface area contributed by atoms with Crippen molar-refractivity contribution in [3.05, 3.63) is 47.1 Å². The van der Waals surface area contributed by atoms with E-state index in [0.29, 0.717) is 30.3 Å². The summed E-state index contributed by atoms with van der Waals surface area (Å²) in [7, 11) is 0. The molecule has 0 aromatic carbocycles. The van der Waals surface area contributed by atoms with E-state index in [1.807, 2.05) is 0 Å². The first-order chi connectivity index (χ1) is 12.8. The van der Waals surface area contributed by atoms with Crippen LogP contribution in [0, 0.1) is 5.92 Å². The number of hydrogen-bond acceptors (Lipinski definition) is 7. The topological polar surface area (TPSA) is 110 Å². The molecule has 0 radical (unpaired) electrons. The second kappa shape index (κ2) is 8.92. The Morgan fingerprint density at radius 3 is 2.78 bits per heavy atom. The van der Waals surface area contributed by atoms with Crippen LogP contribution in [0.2, 0.25) is 0 Å². The lowest BCUT2D eigenvalue weighted by molar-refractivity contribution is -0.153. The number of esters is 2. The van der Waals surface area contributed by atoms with E-state index >= 15 is 0 Å². The number of aliphatic hydroxyl groups excluding tert-OH is 2. The third-order valence-electron chi connectivity index (χ3n) is 4.85. The fourth-order valence-corrected chi connectivity index (χ4v) is 3.10. The van der Waals surface area contributed by atoms with Gasteiger partial charge in [-0.2, -0.15) is 0 Å². The lowest BCUT2D eigenvalue weighted by Gasteiger charge is -2.30. The van der Waals surface area contributed by atoms with Crippen molar-refractivity contribution in [1.29, 1.82) is 0 Å². The van der Waals surface area contributed by atoms with Gasteiger partial charge in [0.25, 0.3) is 0 Å². The molecule has 4 atom stereocenters. The van der Waals surface area contributed by atoms with Gasteiger partial charge in [0, 0.05) is 16.7 Å². The molecule has 1 aliphatic carbocycles. The number of ether oxygens (including phenoxy) is 2. The van der Waals surface area contributed by atoms with Crippen molar-refractivity contribution in [3.8, 4) is 0 Å². The zero-order chi connectivity index (χ0) is 20.1. The predicted octanol–water partition coefficient (Wildman–Crippen LogP) is 1.16. The van der Waals surface area contributed by atoms with Crippen molar-refractivity contribution in [1.82, 2.24) is 0 Å². The molecular weight excluding hydrogens is 352 g/mol. The van der Waals surface area contributed by atoms with Crippen molar-refractivity contribution in [2.24, 2.45) is 5.92 Å². The average molecular weight is 376 g/mol. The van der Waals surface area contributed by atoms with Crippen LogP contribution in [0.1, 0.15) is 26.7 Å². The van der Waals surface area contributed by atoms with E-state index in [0.717, 1.165) is 0 Å². The Bertz CT molecular complexity index is 729. The summed E-state index contributed by atoms with van der Waals surface area (Å²) in [5.74, 6) is -2.24. The normalized spacial score (nSPS) is 33.1. The summed E-state index contributed by atoms with van der Waals surface area (Å²) in [6, 6.07) is 0. The van der Waals surface area contributed by atoms with E-state index in [-0.39, 0.29) is 17.8 Å². The molecule has 0 spiro atoms. The summed E-state index contributed by atoms with van der Waals surface area (Å²) in [6.07, 6.45) is 2.43. The molecule has 1 heterocycles. The van der Waals surface area contributed by atoms with Crippen LogP contribution in [0.3, 0.4) is 0 Å². The number of hydrogen-bond donors (Lipinski definition) is 2. The number of rotatable bonds is 4. The van der Waals surface area contributed by atoms with E-state index in [1.54, 1.807) is 26.0 Å². The van der Waals surface area contributed by atoms with E-state index in [2.05, 4.69) is 6.58 Å². The molecule has 27 heavy (non-hydrogen) atoms. The Morgan fingerprint density at radius 1 is 1.48 bits per heavy atom. The number of carbonyl (C=O) groups excluding carboxylic acids is 3. The maximum atomic E-state index is 12.3. The zero-order valence-corrected chi connectivity index (χ0v) is 15.4. The molecule has 1 fully saturated rings. The standard InChI is InChI=1S/C20H24O7/c1-4-11(2)19(24)27-18-16-12(3)20(25)26-15(16)8-13(9-21)6-5-7-14(10-22)17(18)23/h4,7-8,10,15-18,21,23H,3,5-6,9H2,1-2H3/b11-4-,13-8+,14-7-/t15-,16+,17+,18?/m1/s1. The highest BCUT2D eigenvalue weighted by Gasteiger charge is 2.48. The second-order valence-electron chi connectivity index (χ2n) is 6.55. The van der Waals surface area contributed by atoms with Crippen LogP contribution in [0.25, 0.3) is 0 Å². The van der Waals surface area contributed by atoms with Gasteiger partial charge in [0.15, 0.2) is 0 Å². The maximum Gasteiger partial charge on any atom is 0.334 e. The van der Waals surface area contributed by atoms with Gasteiger partial charge in [0.2, 0.25) is 0 Å². The van der Waals surface area contributed by atoms with E-state index in [9.17, 15) is 24.6 Å². The number of aldehydes is 1. The van der Waals surface area contributed by atoms with Crippen molar-refractivity contribution in [3.63, 3.8) is 0 Å². The number of aliphatic hydroxyl groups is 2. The Labute approximate surface area is 157 Å². The fourth-order valence-electron chi connectivity index (χ4n) is 3.10. The molecule has 0 amide bonds. The van der Waals surface area contributed by atoms with Gasteiger partial charge in [-0.05, 0) is 38.3 Å². The van der Waals surface area contributed by atoms with Crippen LogP contribution < -0.4 is 0 Å². The molecule has 0 saturated carbocycles. The Morgan fingerprint density at radius 2 is 2.19 bits per heavy atom. The minimum Gasteiger partial charge on any atom is -0.455 e. The molecule has 0 aromatic rings. The predicted molar refractivity (Wildman–Crippen MR) is 96.4 cm³/mol. The van der Waals surface area contributed by atoms with Crippen LogP contribution in [0.5, 0.6) is 0 Å². The molecule has 7 nitrogen and oxygen atoms in total. The summed E-state index contributed by atoms with van der Waals surface area (Å²) in [5, 5.41) is 20.3. The minimum atomic E-state index is -1.45. The summed E-state index contributed by atoms with van der Waals surface area (Å²) >= 11 is 0. The summed E-state index contributed by atoms with van der Waals surface area (Å²) in [5.41, 5.74) is 1.00. The third-order valence-corrected chi connectivity index (χ3v) is 4.85. The summed E-state index contributed by atoms with van der Waals surface area (Å²) in [6.45, 7) is 6.68. The molecule has 146 valence electrons. The Hall–Kier alpha value is -2.51. The Balaban J connectivity index is 2.54. The van der Waals surface area contributed by atoms with Crippen molar-refractivity contribution < 1.29 is 34.1 Å². The molecule has 0 aromatic heterocycles. The molecule has 2 N–H and O–H groups in total. The highest BCUT2D eigenvalue weighted by molar-refractivity contribution is 5.92. The van der Waals surface area contributed by atoms with Gasteiger partial charge in [-0.25, -0.2) is 9.59 Å². The molecular formula is C20H24O7. The quantitative estimate of drug-likeness (QED) is 0.328. The highest BCUT2D eigenvalue weighted by atomic mass is 16.6. The fraction of sp³-hybridized carbons (Fsp3) is 0.450. The molecule has 1 saturated heterocycles. The molecule has 1 unspecified atom stereocenters. The largest absolute Gasteiger partial charge is 0.455 e. The van der Waals surface area contributed by atoms with Crippen molar-refractivity contribution >= 4 is 18.2 Å². The van der Waals surface area contributed by atoms with Gasteiger partial charge in [0.05, 0.1) is 12.5 Å². The van der Waals surface area contributed by atoms with Gasteiger partial charge >= 0.3 is 11.9 Å². The molecule has 2 rings (SSSR count). The summed E-state index contributed by atoms with van der Waals surface area (Å²) in [4.78, 5) is 35.9. The lowest BCUT2D eigenvalue weighted by Crippen LogP contribution is -2.43. The van der Waals surface area contributed by atoms with Gasteiger partial charge in [-0.3, -0.25) is 4.79 Å². The molecule has 2 aliphatic rings. The van der Waals surface area contributed by atoms with Crippen LogP contribution in [-0.4, -0.2) is 53.4 Å². The number of allylic oxidation sites excluding steroid dienone is 2. The second-order valence-corrected chi connectivity index (χ2v) is 6.55. The number of fused-ring (bicyclic) bond motifs is 1. The van der Waals surface area contributed by atoms with Crippen LogP contribution in [0.4, 0.5) is 0 Å². The Kier molecular flexibility index (Phi) is 6.87. The van der Waals surface area contributed by atoms with Gasteiger partial charge < -0.3 is 19.7 Å². The zero-order valence-electron chi connectivity index (χ0n) is 15.4. The van der Waals surface area contributed by atoms with Gasteiger partial charge in [-0.15, -0.1) is 0 Å². The molecule has 0 bridgehead atoms. The maximum absolute atomic E-state index is 12.3. The summed E-state index contributed by atoms with van der Waals surface area (Å²) < 4.78 is 10.8. The van der Waals surface area contributed by atoms with Crippen LogP contribution >= 0.6 is 0 Å². The monoisotopic (exact) mass is 376 g/mol. The van der Waals surface area contributed by atoms with E-state index < -0.39 is 36.2 Å². The first-order valence-electron chi connectivity index (χ1n) is 8.71. The van der Waals surface area contributed by atoms with Crippen molar-refractivity contribution in [2.45, 2.75) is 45.0 Å². The van der Waals surface area contributed by atoms with Crippen LogP contribution in [0.15, 0.2) is 47.1 Å². The molecule has 1 aliphatic heterocycles. The van der Waals surface area contributed by atoms with E-state index in [1.165, 1.54) is 6.08 Å². The molecule has 7 heteroatoms. The third kappa shape index (κ3) is 4.43. The number of carbonyl (C=O) groups is 3. The van der Waals surface area contributed by atoms with Gasteiger partial charge in [-0.1, -0.05) is 18.7 Å². The minimum absolute atomic E-state index is 0.0364. The first kappa shape index (κ1) is 20.8. The SMILES string of the molecule is C=C1C(=O)O[C@@H]2/C=C(/CO)CC/C=C(/C=O)[C@H](O)C(OC(=O)/C(C)=C\C)[C@@H]12. The van der Waals surface area contributed by atoms with E-state index in [4.69, 9.17) is 9.47 Å².